The molecule has 0 aliphatic carbocycles. The predicted octanol–water partition coefficient (Wildman–Crippen LogP) is 2.86. The molecular formula is C17H25NO2S. The van der Waals surface area contributed by atoms with E-state index in [-0.39, 0.29) is 11.3 Å². The number of thioether (sulfide) groups is 1. The van der Waals surface area contributed by atoms with Gasteiger partial charge in [0.25, 0.3) is 5.91 Å². The van der Waals surface area contributed by atoms with Crippen LogP contribution < -0.4 is 5.32 Å². The van der Waals surface area contributed by atoms with Crippen LogP contribution in [-0.2, 0) is 16.8 Å². The molecule has 1 aliphatic heterocycles. The molecule has 1 aliphatic rings. The molecule has 21 heavy (non-hydrogen) atoms. The lowest BCUT2D eigenvalue weighted by Gasteiger charge is -2.30. The summed E-state index contributed by atoms with van der Waals surface area (Å²) in [7, 11) is 0. The maximum Gasteiger partial charge on any atom is 0.252 e. The summed E-state index contributed by atoms with van der Waals surface area (Å²) in [6, 6.07) is 8.30. The van der Waals surface area contributed by atoms with Gasteiger partial charge in [0.1, 0.15) is 5.60 Å². The summed E-state index contributed by atoms with van der Waals surface area (Å²) in [5.74, 6) is 1.47. The molecule has 2 rings (SSSR count). The first-order chi connectivity index (χ1) is 9.81. The van der Waals surface area contributed by atoms with E-state index in [1.54, 1.807) is 11.8 Å². The van der Waals surface area contributed by atoms with Gasteiger partial charge in [-0.1, -0.05) is 45.0 Å². The third-order valence-electron chi connectivity index (χ3n) is 4.02. The van der Waals surface area contributed by atoms with Crippen molar-refractivity contribution >= 4 is 17.7 Å². The predicted molar refractivity (Wildman–Crippen MR) is 88.5 cm³/mol. The fourth-order valence-corrected chi connectivity index (χ4v) is 3.57. The molecule has 4 heteroatoms. The van der Waals surface area contributed by atoms with Gasteiger partial charge >= 0.3 is 0 Å². The van der Waals surface area contributed by atoms with E-state index in [0.29, 0.717) is 19.4 Å². The minimum absolute atomic E-state index is 0.136. The Bertz CT molecular complexity index is 485. The number of aliphatic hydroxyl groups is 1. The van der Waals surface area contributed by atoms with E-state index in [2.05, 4.69) is 38.2 Å². The van der Waals surface area contributed by atoms with Gasteiger partial charge in [-0.15, -0.1) is 0 Å². The van der Waals surface area contributed by atoms with Crippen molar-refractivity contribution in [1.29, 1.82) is 0 Å². The minimum Gasteiger partial charge on any atom is -0.380 e. The van der Waals surface area contributed by atoms with E-state index in [9.17, 15) is 9.90 Å². The molecule has 1 aromatic rings. The van der Waals surface area contributed by atoms with Crippen LogP contribution in [0.3, 0.4) is 0 Å². The second-order valence-corrected chi connectivity index (χ2v) is 8.00. The molecule has 1 fully saturated rings. The van der Waals surface area contributed by atoms with Gasteiger partial charge in [-0.05, 0) is 40.9 Å². The van der Waals surface area contributed by atoms with Crippen molar-refractivity contribution in [2.24, 2.45) is 0 Å². The Balaban J connectivity index is 1.92. The lowest BCUT2D eigenvalue weighted by Crippen LogP contribution is -2.48. The molecule has 3 nitrogen and oxygen atoms in total. The van der Waals surface area contributed by atoms with Crippen LogP contribution in [0.1, 0.15) is 44.7 Å². The van der Waals surface area contributed by atoms with Crippen LogP contribution in [0.2, 0.25) is 0 Å². The van der Waals surface area contributed by atoms with Crippen molar-refractivity contribution in [2.45, 2.75) is 51.2 Å². The SMILES string of the molecule is CC(C)(C)c1ccc(CNC(=O)C2(O)CCSCC2)cc1. The van der Waals surface area contributed by atoms with E-state index in [4.69, 9.17) is 0 Å². The smallest absolute Gasteiger partial charge is 0.252 e. The summed E-state index contributed by atoms with van der Waals surface area (Å²) in [6.07, 6.45) is 1.10. The molecule has 1 heterocycles. The quantitative estimate of drug-likeness (QED) is 0.903. The zero-order valence-electron chi connectivity index (χ0n) is 13.1. The topological polar surface area (TPSA) is 49.3 Å². The normalized spacial score (nSPS) is 18.3. The van der Waals surface area contributed by atoms with Gasteiger partial charge in [0.2, 0.25) is 0 Å². The average molecular weight is 307 g/mol. The maximum atomic E-state index is 12.1. The average Bonchev–Trinajstić information content (AvgIpc) is 2.45. The van der Waals surface area contributed by atoms with Crippen LogP contribution >= 0.6 is 11.8 Å². The molecule has 1 aromatic carbocycles. The number of nitrogens with one attached hydrogen (secondary N) is 1. The fourth-order valence-electron chi connectivity index (χ4n) is 2.41. The molecular weight excluding hydrogens is 282 g/mol. The number of amides is 1. The molecule has 0 radical (unpaired) electrons. The lowest BCUT2D eigenvalue weighted by molar-refractivity contribution is -0.140. The fraction of sp³-hybridized carbons (Fsp3) is 0.588. The number of hydrogen-bond acceptors (Lipinski definition) is 3. The van der Waals surface area contributed by atoms with E-state index in [1.807, 2.05) is 12.1 Å². The van der Waals surface area contributed by atoms with Gasteiger partial charge in [-0.3, -0.25) is 4.79 Å². The third-order valence-corrected chi connectivity index (χ3v) is 5.00. The summed E-state index contributed by atoms with van der Waals surface area (Å²) in [4.78, 5) is 12.1. The molecule has 116 valence electrons. The van der Waals surface area contributed by atoms with Crippen LogP contribution in [-0.4, -0.2) is 28.1 Å². The van der Waals surface area contributed by atoms with Crippen LogP contribution in [0.15, 0.2) is 24.3 Å². The van der Waals surface area contributed by atoms with Gasteiger partial charge in [0, 0.05) is 6.54 Å². The summed E-state index contributed by atoms with van der Waals surface area (Å²) in [5, 5.41) is 13.2. The first-order valence-corrected chi connectivity index (χ1v) is 8.65. The van der Waals surface area contributed by atoms with Gasteiger partial charge in [-0.2, -0.15) is 11.8 Å². The number of carbonyl (C=O) groups is 1. The molecule has 0 saturated carbocycles. The highest BCUT2D eigenvalue weighted by Gasteiger charge is 2.37. The van der Waals surface area contributed by atoms with Gasteiger partial charge in [0.15, 0.2) is 0 Å². The van der Waals surface area contributed by atoms with Crippen molar-refractivity contribution in [3.63, 3.8) is 0 Å². The lowest BCUT2D eigenvalue weighted by atomic mass is 9.87. The molecule has 0 atom stereocenters. The molecule has 2 N–H and O–H groups in total. The van der Waals surface area contributed by atoms with Crippen LogP contribution in [0.25, 0.3) is 0 Å². The van der Waals surface area contributed by atoms with Gasteiger partial charge in [0.05, 0.1) is 0 Å². The maximum absolute atomic E-state index is 12.1. The Morgan fingerprint density at radius 2 is 1.81 bits per heavy atom. The molecule has 0 spiro atoms. The summed E-state index contributed by atoms with van der Waals surface area (Å²) in [6.45, 7) is 7.01. The first-order valence-electron chi connectivity index (χ1n) is 7.49. The van der Waals surface area contributed by atoms with E-state index >= 15 is 0 Å². The highest BCUT2D eigenvalue weighted by Crippen LogP contribution is 2.27. The molecule has 1 saturated heterocycles. The molecule has 1 amide bonds. The van der Waals surface area contributed by atoms with Crippen molar-refractivity contribution in [3.8, 4) is 0 Å². The Labute approximate surface area is 131 Å². The minimum atomic E-state index is -1.17. The highest BCUT2D eigenvalue weighted by molar-refractivity contribution is 7.99. The summed E-state index contributed by atoms with van der Waals surface area (Å²) in [5.41, 5.74) is 1.30. The van der Waals surface area contributed by atoms with Crippen LogP contribution in [0.4, 0.5) is 0 Å². The molecule has 0 unspecified atom stereocenters. The first kappa shape index (κ1) is 16.4. The van der Waals surface area contributed by atoms with E-state index in [0.717, 1.165) is 17.1 Å². The highest BCUT2D eigenvalue weighted by atomic mass is 32.2. The Morgan fingerprint density at radius 3 is 2.33 bits per heavy atom. The van der Waals surface area contributed by atoms with Crippen molar-refractivity contribution in [3.05, 3.63) is 35.4 Å². The van der Waals surface area contributed by atoms with Crippen molar-refractivity contribution in [1.82, 2.24) is 5.32 Å². The molecule has 0 aromatic heterocycles. The second-order valence-electron chi connectivity index (χ2n) is 6.77. The largest absolute Gasteiger partial charge is 0.380 e. The molecule has 0 bridgehead atoms. The Morgan fingerprint density at radius 1 is 1.24 bits per heavy atom. The standard InChI is InChI=1S/C17H25NO2S/c1-16(2,3)14-6-4-13(5-7-14)12-18-15(19)17(20)8-10-21-11-9-17/h4-7,20H,8-12H2,1-3H3,(H,18,19). The monoisotopic (exact) mass is 307 g/mol. The zero-order valence-corrected chi connectivity index (χ0v) is 13.9. The summed E-state index contributed by atoms with van der Waals surface area (Å²) < 4.78 is 0. The number of hydrogen-bond donors (Lipinski definition) is 2. The van der Waals surface area contributed by atoms with Crippen molar-refractivity contribution in [2.75, 3.05) is 11.5 Å². The van der Waals surface area contributed by atoms with Crippen LogP contribution in [0, 0.1) is 0 Å². The number of benzene rings is 1. The zero-order chi connectivity index (χ0) is 15.5. The van der Waals surface area contributed by atoms with E-state index < -0.39 is 5.60 Å². The Kier molecular flexibility index (Phi) is 4.99. The summed E-state index contributed by atoms with van der Waals surface area (Å²) >= 11 is 1.79. The van der Waals surface area contributed by atoms with E-state index in [1.165, 1.54) is 5.56 Å². The number of rotatable bonds is 3. The number of carbonyl (C=O) groups excluding carboxylic acids is 1. The van der Waals surface area contributed by atoms with Gasteiger partial charge in [-0.25, -0.2) is 0 Å². The van der Waals surface area contributed by atoms with Crippen molar-refractivity contribution < 1.29 is 9.90 Å². The van der Waals surface area contributed by atoms with Gasteiger partial charge < -0.3 is 10.4 Å². The van der Waals surface area contributed by atoms with Crippen LogP contribution in [0.5, 0.6) is 0 Å². The third kappa shape index (κ3) is 4.24. The second kappa shape index (κ2) is 6.41. The Hall–Kier alpha value is -1.00.